The summed E-state index contributed by atoms with van der Waals surface area (Å²) in [5, 5.41) is 3.05. The molecule has 0 aliphatic carbocycles. The SMILES string of the molecule is Cc1cc(C(=O)NCC[N+]2(C)CCOCC2)cc(-c2ccc(Oc3ccc(F)cc3)cc2)n1.[I-]. The maximum absolute atomic E-state index is 13.1. The number of carbonyl (C=O) groups is 1. The Labute approximate surface area is 216 Å². The number of amides is 1. The Kier molecular flexibility index (Phi) is 8.98. The normalized spacial score (nSPS) is 14.7. The first kappa shape index (κ1) is 26.1. The van der Waals surface area contributed by atoms with Gasteiger partial charge in [-0.1, -0.05) is 0 Å². The second-order valence-corrected chi connectivity index (χ2v) is 8.62. The van der Waals surface area contributed by atoms with E-state index >= 15 is 0 Å². The molecule has 2 aromatic carbocycles. The molecule has 2 heterocycles. The molecule has 0 atom stereocenters. The van der Waals surface area contributed by atoms with Gasteiger partial charge in [0, 0.05) is 16.8 Å². The number of morpholine rings is 1. The molecule has 1 fully saturated rings. The maximum atomic E-state index is 13.1. The van der Waals surface area contributed by atoms with Crippen LogP contribution < -0.4 is 34.0 Å². The van der Waals surface area contributed by atoms with E-state index in [1.54, 1.807) is 18.2 Å². The van der Waals surface area contributed by atoms with E-state index in [0.717, 1.165) is 54.3 Å². The molecule has 1 saturated heterocycles. The van der Waals surface area contributed by atoms with Crippen LogP contribution >= 0.6 is 0 Å². The number of likely N-dealkylation sites (N-methyl/N-ethyl adjacent to an activating group) is 1. The molecule has 1 aliphatic rings. The van der Waals surface area contributed by atoms with Crippen molar-refractivity contribution in [1.82, 2.24) is 10.3 Å². The standard InChI is InChI=1S/C26H28FN3O3.HI/c1-19-17-21(26(31)28-11-12-30(2)13-15-32-16-14-30)18-25(29-19)20-3-7-23(8-4-20)33-24-9-5-22(27)6-10-24;/h3-10,17-18H,11-16H2,1-2H3;1H. The van der Waals surface area contributed by atoms with Crippen molar-refractivity contribution in [2.24, 2.45) is 0 Å². The lowest BCUT2D eigenvalue weighted by molar-refractivity contribution is -0.915. The number of nitrogens with zero attached hydrogens (tertiary/aromatic N) is 2. The number of nitrogens with one attached hydrogen (secondary N) is 1. The first-order valence-electron chi connectivity index (χ1n) is 11.1. The third-order valence-electron chi connectivity index (χ3n) is 5.90. The fourth-order valence-electron chi connectivity index (χ4n) is 3.83. The minimum atomic E-state index is -0.306. The van der Waals surface area contributed by atoms with Crippen LogP contribution in [-0.4, -0.2) is 61.8 Å². The van der Waals surface area contributed by atoms with Crippen molar-refractivity contribution in [1.29, 1.82) is 0 Å². The number of hydrogen-bond acceptors (Lipinski definition) is 4. The van der Waals surface area contributed by atoms with Crippen LogP contribution in [0, 0.1) is 12.7 Å². The molecule has 0 bridgehead atoms. The van der Waals surface area contributed by atoms with E-state index < -0.39 is 0 Å². The van der Waals surface area contributed by atoms with Crippen LogP contribution in [0.15, 0.2) is 60.7 Å². The molecule has 4 rings (SSSR count). The highest BCUT2D eigenvalue weighted by atomic mass is 127. The minimum absolute atomic E-state index is 0. The number of hydrogen-bond donors (Lipinski definition) is 1. The number of rotatable bonds is 7. The fourth-order valence-corrected chi connectivity index (χ4v) is 3.83. The van der Waals surface area contributed by atoms with Gasteiger partial charge in [0.2, 0.25) is 0 Å². The zero-order valence-electron chi connectivity index (χ0n) is 19.4. The molecule has 1 aromatic heterocycles. The molecule has 1 amide bonds. The summed E-state index contributed by atoms with van der Waals surface area (Å²) in [6.45, 7) is 6.84. The van der Waals surface area contributed by atoms with E-state index in [2.05, 4.69) is 17.3 Å². The highest BCUT2D eigenvalue weighted by Gasteiger charge is 2.24. The third-order valence-corrected chi connectivity index (χ3v) is 5.90. The van der Waals surface area contributed by atoms with Crippen molar-refractivity contribution >= 4 is 5.91 Å². The molecule has 180 valence electrons. The van der Waals surface area contributed by atoms with Crippen LogP contribution in [0.5, 0.6) is 11.5 Å². The predicted molar refractivity (Wildman–Crippen MR) is 125 cm³/mol. The fraction of sp³-hybridized carbons (Fsp3) is 0.308. The second kappa shape index (κ2) is 11.7. The van der Waals surface area contributed by atoms with E-state index in [4.69, 9.17) is 9.47 Å². The van der Waals surface area contributed by atoms with E-state index in [0.29, 0.717) is 23.6 Å². The van der Waals surface area contributed by atoms with Crippen LogP contribution in [0.2, 0.25) is 0 Å². The molecule has 0 spiro atoms. The molecule has 0 radical (unpaired) electrons. The summed E-state index contributed by atoms with van der Waals surface area (Å²) in [4.78, 5) is 17.4. The predicted octanol–water partition coefficient (Wildman–Crippen LogP) is 1.20. The summed E-state index contributed by atoms with van der Waals surface area (Å²) in [7, 11) is 2.20. The average molecular weight is 577 g/mol. The van der Waals surface area contributed by atoms with Crippen molar-refractivity contribution in [3.8, 4) is 22.8 Å². The number of halogens is 2. The van der Waals surface area contributed by atoms with Crippen LogP contribution in [0.3, 0.4) is 0 Å². The average Bonchev–Trinajstić information content (AvgIpc) is 2.81. The highest BCUT2D eigenvalue weighted by Crippen LogP contribution is 2.26. The first-order chi connectivity index (χ1) is 15.9. The van der Waals surface area contributed by atoms with Gasteiger partial charge >= 0.3 is 0 Å². The lowest BCUT2D eigenvalue weighted by Gasteiger charge is -2.37. The van der Waals surface area contributed by atoms with Crippen molar-refractivity contribution in [2.75, 3.05) is 46.4 Å². The van der Waals surface area contributed by atoms with E-state index in [1.807, 2.05) is 37.3 Å². The summed E-state index contributed by atoms with van der Waals surface area (Å²) < 4.78 is 25.2. The van der Waals surface area contributed by atoms with Gasteiger partial charge in [0.1, 0.15) is 30.4 Å². The van der Waals surface area contributed by atoms with Gasteiger partial charge in [-0.05, 0) is 67.6 Å². The van der Waals surface area contributed by atoms with Crippen LogP contribution in [0.1, 0.15) is 16.1 Å². The summed E-state index contributed by atoms with van der Waals surface area (Å²) in [5.74, 6) is 0.790. The van der Waals surface area contributed by atoms with E-state index in [-0.39, 0.29) is 35.7 Å². The molecule has 6 nitrogen and oxygen atoms in total. The monoisotopic (exact) mass is 577 g/mol. The molecule has 1 aliphatic heterocycles. The Morgan fingerprint density at radius 1 is 1.06 bits per heavy atom. The van der Waals surface area contributed by atoms with Crippen molar-refractivity contribution < 1.29 is 47.1 Å². The van der Waals surface area contributed by atoms with Crippen LogP contribution in [-0.2, 0) is 4.74 Å². The maximum Gasteiger partial charge on any atom is 0.251 e. The van der Waals surface area contributed by atoms with Gasteiger partial charge in [-0.2, -0.15) is 0 Å². The summed E-state index contributed by atoms with van der Waals surface area (Å²) in [6.07, 6.45) is 0. The van der Waals surface area contributed by atoms with E-state index in [1.165, 1.54) is 12.1 Å². The number of carbonyl (C=O) groups excluding carboxylic acids is 1. The molecule has 0 unspecified atom stereocenters. The summed E-state index contributed by atoms with van der Waals surface area (Å²) in [5.41, 5.74) is 2.97. The quantitative estimate of drug-likeness (QED) is 0.339. The van der Waals surface area contributed by atoms with Gasteiger partial charge in [0.25, 0.3) is 5.91 Å². The molecule has 3 aromatic rings. The largest absolute Gasteiger partial charge is 1.00 e. The topological polar surface area (TPSA) is 60.5 Å². The van der Waals surface area contributed by atoms with Crippen molar-refractivity contribution in [2.45, 2.75) is 6.92 Å². The van der Waals surface area contributed by atoms with Gasteiger partial charge in [0.15, 0.2) is 0 Å². The van der Waals surface area contributed by atoms with Crippen LogP contribution in [0.4, 0.5) is 4.39 Å². The number of aromatic nitrogens is 1. The Morgan fingerprint density at radius 3 is 2.32 bits per heavy atom. The molecule has 8 heteroatoms. The zero-order valence-corrected chi connectivity index (χ0v) is 21.5. The number of quaternary nitrogens is 1. The van der Waals surface area contributed by atoms with Gasteiger partial charge in [-0.3, -0.25) is 9.78 Å². The van der Waals surface area contributed by atoms with Crippen LogP contribution in [0.25, 0.3) is 11.3 Å². The summed E-state index contributed by atoms with van der Waals surface area (Å²) >= 11 is 0. The third kappa shape index (κ3) is 6.97. The highest BCUT2D eigenvalue weighted by molar-refractivity contribution is 5.95. The smallest absolute Gasteiger partial charge is 0.251 e. The van der Waals surface area contributed by atoms with Gasteiger partial charge in [-0.25, -0.2) is 4.39 Å². The molecule has 1 N–H and O–H groups in total. The Hall–Kier alpha value is -2.56. The molecular formula is C26H29FIN3O3. The summed E-state index contributed by atoms with van der Waals surface area (Å²) in [6, 6.07) is 16.9. The second-order valence-electron chi connectivity index (χ2n) is 8.62. The minimum Gasteiger partial charge on any atom is -1.00 e. The van der Waals surface area contributed by atoms with Crippen molar-refractivity contribution in [3.05, 3.63) is 77.7 Å². The molecule has 34 heavy (non-hydrogen) atoms. The van der Waals surface area contributed by atoms with Gasteiger partial charge < -0.3 is 43.3 Å². The molecule has 0 saturated carbocycles. The Balaban J connectivity index is 0.00000324. The molecular weight excluding hydrogens is 548 g/mol. The first-order valence-corrected chi connectivity index (χ1v) is 11.1. The van der Waals surface area contributed by atoms with Gasteiger partial charge in [-0.15, -0.1) is 0 Å². The Morgan fingerprint density at radius 2 is 1.68 bits per heavy atom. The lowest BCUT2D eigenvalue weighted by Crippen LogP contribution is -3.00. The number of pyridine rings is 1. The Bertz CT molecular complexity index is 1100. The number of aryl methyl sites for hydroxylation is 1. The number of benzene rings is 2. The zero-order chi connectivity index (χ0) is 23.3. The lowest BCUT2D eigenvalue weighted by atomic mass is 10.1. The number of ether oxygens (including phenoxy) is 2. The van der Waals surface area contributed by atoms with Crippen molar-refractivity contribution in [3.63, 3.8) is 0 Å². The van der Waals surface area contributed by atoms with E-state index in [9.17, 15) is 9.18 Å². The van der Waals surface area contributed by atoms with Gasteiger partial charge in [0.05, 0.1) is 39.0 Å².